The molecule has 10 heteroatoms. The fourth-order valence-electron chi connectivity index (χ4n) is 3.58. The van der Waals surface area contributed by atoms with Crippen molar-refractivity contribution < 1.29 is 33.3 Å². The largest absolute Gasteiger partial charge is 0.454 e. The summed E-state index contributed by atoms with van der Waals surface area (Å²) in [5.41, 5.74) is 7.63. The van der Waals surface area contributed by atoms with Gasteiger partial charge >= 0.3 is 11.9 Å². The molecule has 1 amide bonds. The van der Waals surface area contributed by atoms with Gasteiger partial charge in [-0.2, -0.15) is 0 Å². The lowest BCUT2D eigenvalue weighted by Gasteiger charge is -2.21. The minimum Gasteiger partial charge on any atom is -0.454 e. The molecule has 4 rings (SSSR count). The predicted molar refractivity (Wildman–Crippen MR) is 120 cm³/mol. The monoisotopic (exact) mass is 465 g/mol. The molecule has 3 N–H and O–H groups in total. The van der Waals surface area contributed by atoms with Crippen LogP contribution in [0.2, 0.25) is 0 Å². The second kappa shape index (κ2) is 9.65. The van der Waals surface area contributed by atoms with Gasteiger partial charge in [-0.25, -0.2) is 14.6 Å². The van der Waals surface area contributed by atoms with Crippen molar-refractivity contribution in [1.29, 1.82) is 0 Å². The molecule has 0 spiro atoms. The van der Waals surface area contributed by atoms with Crippen LogP contribution in [0.3, 0.4) is 0 Å². The van der Waals surface area contributed by atoms with E-state index < -0.39 is 29.6 Å². The number of nitrogens with one attached hydrogen (secondary N) is 1. The first-order valence-corrected chi connectivity index (χ1v) is 10.6. The van der Waals surface area contributed by atoms with Gasteiger partial charge < -0.3 is 30.0 Å². The summed E-state index contributed by atoms with van der Waals surface area (Å²) in [6.07, 6.45) is 3.08. The van der Waals surface area contributed by atoms with Crippen molar-refractivity contribution in [3.63, 3.8) is 0 Å². The van der Waals surface area contributed by atoms with Crippen LogP contribution in [0.4, 0.5) is 5.82 Å². The maximum absolute atomic E-state index is 13.4. The van der Waals surface area contributed by atoms with Gasteiger partial charge in [0.2, 0.25) is 12.6 Å². The lowest BCUT2D eigenvalue weighted by molar-refractivity contribution is -0.140. The number of anilines is 1. The average molecular weight is 465 g/mol. The van der Waals surface area contributed by atoms with E-state index in [9.17, 15) is 14.4 Å². The third-order valence-electron chi connectivity index (χ3n) is 5.06. The normalized spacial score (nSPS) is 18.9. The molecule has 0 saturated heterocycles. The first-order chi connectivity index (χ1) is 16.3. The molecular weight excluding hydrogens is 442 g/mol. The molecule has 0 radical (unpaired) electrons. The van der Waals surface area contributed by atoms with Crippen LogP contribution in [0.5, 0.6) is 11.5 Å². The molecule has 176 valence electrons. The number of hydrogen-bond acceptors (Lipinski definition) is 9. The van der Waals surface area contributed by atoms with E-state index in [2.05, 4.69) is 10.3 Å². The number of carbonyl (C=O) groups is 3. The third-order valence-corrected chi connectivity index (χ3v) is 5.06. The summed E-state index contributed by atoms with van der Waals surface area (Å²) in [6.45, 7) is 3.86. The fourth-order valence-corrected chi connectivity index (χ4v) is 3.58. The van der Waals surface area contributed by atoms with Crippen LogP contribution in [0.15, 0.2) is 48.2 Å². The summed E-state index contributed by atoms with van der Waals surface area (Å²) in [6, 6.07) is 7.71. The number of hydrogen-bond donors (Lipinski definition) is 2. The second-order valence-electron chi connectivity index (χ2n) is 7.71. The number of nitrogen functional groups attached to an aromatic ring is 1. The first kappa shape index (κ1) is 22.8. The number of nitrogens with zero attached hydrogens (tertiary/aromatic N) is 1. The Morgan fingerprint density at radius 1 is 1.09 bits per heavy atom. The van der Waals surface area contributed by atoms with Crippen molar-refractivity contribution in [2.24, 2.45) is 0 Å². The Morgan fingerprint density at radius 2 is 1.82 bits per heavy atom. The number of carbonyl (C=O) groups excluding carboxylic acids is 3. The topological polar surface area (TPSA) is 139 Å². The molecular formula is C24H23N3O7. The Bertz CT molecular complexity index is 1200. The molecule has 0 aliphatic carbocycles. The van der Waals surface area contributed by atoms with Crippen molar-refractivity contribution in [2.75, 3.05) is 12.5 Å². The zero-order chi connectivity index (χ0) is 24.2. The van der Waals surface area contributed by atoms with Crippen LogP contribution in [0.25, 0.3) is 5.76 Å². The number of nitrogens with two attached hydrogens (primary N) is 1. The minimum absolute atomic E-state index is 0.0357. The maximum atomic E-state index is 13.4. The molecule has 1 unspecified atom stereocenters. The van der Waals surface area contributed by atoms with E-state index in [1.807, 2.05) is 19.9 Å². The molecule has 2 aliphatic heterocycles. The molecule has 3 heterocycles. The van der Waals surface area contributed by atoms with E-state index in [1.165, 1.54) is 6.07 Å². The number of aromatic nitrogens is 1. The molecule has 0 saturated carbocycles. The molecule has 1 aromatic carbocycles. The number of amides is 1. The van der Waals surface area contributed by atoms with Gasteiger partial charge in [-0.3, -0.25) is 4.79 Å². The molecule has 2 aliphatic rings. The number of benzene rings is 1. The number of pyridine rings is 1. The molecule has 0 fully saturated rings. The first-order valence-electron chi connectivity index (χ1n) is 10.6. The van der Waals surface area contributed by atoms with E-state index in [0.29, 0.717) is 29.4 Å². The van der Waals surface area contributed by atoms with Gasteiger partial charge in [0.05, 0.1) is 11.7 Å². The highest BCUT2D eigenvalue weighted by molar-refractivity contribution is 6.05. The summed E-state index contributed by atoms with van der Waals surface area (Å²) in [7, 11) is 0. The molecule has 1 aromatic heterocycles. The van der Waals surface area contributed by atoms with Crippen LogP contribution in [-0.4, -0.2) is 29.6 Å². The van der Waals surface area contributed by atoms with E-state index in [4.69, 9.17) is 24.7 Å². The number of ether oxygens (including phenoxy) is 4. The van der Waals surface area contributed by atoms with Crippen LogP contribution in [0.1, 0.15) is 42.6 Å². The number of fused-ring (bicyclic) bond motifs is 1. The zero-order valence-electron chi connectivity index (χ0n) is 18.6. The predicted octanol–water partition coefficient (Wildman–Crippen LogP) is 2.68. The minimum atomic E-state index is -0.898. The summed E-state index contributed by atoms with van der Waals surface area (Å²) < 4.78 is 21.4. The van der Waals surface area contributed by atoms with E-state index in [-0.39, 0.29) is 18.1 Å². The zero-order valence-corrected chi connectivity index (χ0v) is 18.6. The Labute approximate surface area is 195 Å². The summed E-state index contributed by atoms with van der Waals surface area (Å²) in [5, 5.41) is 2.83. The fraction of sp³-hybridized carbons (Fsp3) is 0.250. The number of aryl methyl sites for hydroxylation is 1. The van der Waals surface area contributed by atoms with Gasteiger partial charge in [0.15, 0.2) is 17.3 Å². The third kappa shape index (κ3) is 5.01. The highest BCUT2D eigenvalue weighted by atomic mass is 16.7. The Balaban J connectivity index is 1.74. The van der Waals surface area contributed by atoms with Crippen LogP contribution in [-0.2, 0) is 23.9 Å². The lowest BCUT2D eigenvalue weighted by atomic mass is 10.1. The van der Waals surface area contributed by atoms with Crippen LogP contribution in [0, 0.1) is 6.92 Å². The molecule has 10 nitrogen and oxygen atoms in total. The quantitative estimate of drug-likeness (QED) is 0.616. The summed E-state index contributed by atoms with van der Waals surface area (Å²) in [5.74, 6) is -1.98. The average Bonchev–Trinajstić information content (AvgIpc) is 3.26. The van der Waals surface area contributed by atoms with Gasteiger partial charge in [0, 0.05) is 17.7 Å². The van der Waals surface area contributed by atoms with Crippen molar-refractivity contribution in [2.45, 2.75) is 32.7 Å². The Kier molecular flexibility index (Phi) is 6.48. The standard InChI is InChI=1S/C24H23N3O7/c1-3-4-15(16-9-13(2)10-19(25)26-16)27-24(30)23-22(33-20(28)7-8-21(29)34-23)14-5-6-17-18(11-14)32-12-31-17/h5-11,15H,3-4,12H2,1-2H3,(H2,25,26)(H,27,30)/b8-7+,23-22+. The number of cyclic esters (lactones) is 2. The van der Waals surface area contributed by atoms with Crippen molar-refractivity contribution in [3.05, 3.63) is 65.1 Å². The smallest absolute Gasteiger partial charge is 0.336 e. The van der Waals surface area contributed by atoms with E-state index >= 15 is 0 Å². The van der Waals surface area contributed by atoms with Gasteiger partial charge in [-0.15, -0.1) is 0 Å². The second-order valence-corrected chi connectivity index (χ2v) is 7.71. The van der Waals surface area contributed by atoms with Crippen LogP contribution < -0.4 is 20.5 Å². The summed E-state index contributed by atoms with van der Waals surface area (Å²) in [4.78, 5) is 42.2. The van der Waals surface area contributed by atoms with Gasteiger partial charge in [0.25, 0.3) is 5.91 Å². The molecule has 2 aromatic rings. The Morgan fingerprint density at radius 3 is 2.56 bits per heavy atom. The number of esters is 2. The van der Waals surface area contributed by atoms with E-state index in [1.54, 1.807) is 18.2 Å². The lowest BCUT2D eigenvalue weighted by Crippen LogP contribution is -2.33. The van der Waals surface area contributed by atoms with Crippen molar-refractivity contribution in [1.82, 2.24) is 10.3 Å². The van der Waals surface area contributed by atoms with Gasteiger partial charge in [-0.1, -0.05) is 13.3 Å². The van der Waals surface area contributed by atoms with Crippen LogP contribution >= 0.6 is 0 Å². The molecule has 0 bridgehead atoms. The molecule has 34 heavy (non-hydrogen) atoms. The summed E-state index contributed by atoms with van der Waals surface area (Å²) >= 11 is 0. The molecule has 1 atom stereocenters. The van der Waals surface area contributed by atoms with Gasteiger partial charge in [0.1, 0.15) is 5.82 Å². The highest BCUT2D eigenvalue weighted by Gasteiger charge is 2.29. The van der Waals surface area contributed by atoms with Crippen molar-refractivity contribution in [3.8, 4) is 11.5 Å². The number of rotatable bonds is 6. The maximum Gasteiger partial charge on any atom is 0.336 e. The van der Waals surface area contributed by atoms with Crippen molar-refractivity contribution >= 4 is 29.4 Å². The van der Waals surface area contributed by atoms with E-state index in [0.717, 1.165) is 24.1 Å². The SMILES string of the molecule is CCCC(NC(=O)/C1=C(/c2ccc3c(c2)OCO3)OC(=O)/C=C/C(=O)O1)c1cc(C)cc(N)n1. The Hall–Kier alpha value is -4.34. The highest BCUT2D eigenvalue weighted by Crippen LogP contribution is 2.36. The van der Waals surface area contributed by atoms with Gasteiger partial charge in [-0.05, 0) is 49.2 Å².